The molecule has 0 aromatic heterocycles. The van der Waals surface area contributed by atoms with Crippen LogP contribution in [0, 0.1) is 5.82 Å². The lowest BCUT2D eigenvalue weighted by Crippen LogP contribution is -2.36. The van der Waals surface area contributed by atoms with Crippen LogP contribution >= 0.6 is 15.9 Å². The highest BCUT2D eigenvalue weighted by Crippen LogP contribution is 2.28. The minimum absolute atomic E-state index is 0.00530. The summed E-state index contributed by atoms with van der Waals surface area (Å²) in [5.74, 6) is -0.234. The lowest BCUT2D eigenvalue weighted by atomic mass is 10.0. The molecular weight excluding hydrogens is 311 g/mol. The van der Waals surface area contributed by atoms with E-state index in [1.54, 1.807) is 12.1 Å². The summed E-state index contributed by atoms with van der Waals surface area (Å²) in [6.45, 7) is 2.12. The van der Waals surface area contributed by atoms with E-state index in [2.05, 4.69) is 20.8 Å². The molecule has 2 atom stereocenters. The molecule has 0 spiro atoms. The summed E-state index contributed by atoms with van der Waals surface area (Å²) in [4.78, 5) is 2.15. The third-order valence-electron chi connectivity index (χ3n) is 3.59. The molecule has 1 heterocycles. The summed E-state index contributed by atoms with van der Waals surface area (Å²) in [6, 6.07) is 4.72. The zero-order valence-electron chi connectivity index (χ0n) is 11.1. The first-order valence-corrected chi connectivity index (χ1v) is 7.38. The average Bonchev–Trinajstić information content (AvgIpc) is 2.87. The van der Waals surface area contributed by atoms with Crippen molar-refractivity contribution in [2.24, 2.45) is 5.73 Å². The highest BCUT2D eigenvalue weighted by atomic mass is 79.9. The Morgan fingerprint density at radius 3 is 3.00 bits per heavy atom. The molecule has 1 aliphatic rings. The number of hydrogen-bond acceptors (Lipinski definition) is 3. The van der Waals surface area contributed by atoms with Crippen molar-refractivity contribution >= 4 is 15.9 Å². The van der Waals surface area contributed by atoms with Crippen LogP contribution in [0.5, 0.6) is 0 Å². The molecule has 0 aliphatic carbocycles. The van der Waals surface area contributed by atoms with E-state index in [-0.39, 0.29) is 18.0 Å². The maximum atomic E-state index is 13.4. The second kappa shape index (κ2) is 6.79. The van der Waals surface area contributed by atoms with Gasteiger partial charge in [-0.15, -0.1) is 0 Å². The van der Waals surface area contributed by atoms with Gasteiger partial charge in [-0.05, 0) is 43.7 Å². The molecule has 0 saturated carbocycles. The Kier molecular flexibility index (Phi) is 5.33. The standard InChI is InChI=1S/C14H20BrFN2O/c1-18(9-11-3-2-6-19-11)14(8-17)12-7-10(16)4-5-13(12)15/h4-5,7,11,14H,2-3,6,8-9,17H2,1H3. The van der Waals surface area contributed by atoms with E-state index in [1.165, 1.54) is 6.07 Å². The van der Waals surface area contributed by atoms with E-state index in [0.29, 0.717) is 6.54 Å². The maximum Gasteiger partial charge on any atom is 0.123 e. The van der Waals surface area contributed by atoms with Crippen LogP contribution in [-0.2, 0) is 4.74 Å². The van der Waals surface area contributed by atoms with Gasteiger partial charge in [0, 0.05) is 30.2 Å². The van der Waals surface area contributed by atoms with Gasteiger partial charge in [0.25, 0.3) is 0 Å². The zero-order valence-corrected chi connectivity index (χ0v) is 12.7. The second-order valence-electron chi connectivity index (χ2n) is 4.99. The van der Waals surface area contributed by atoms with Crippen LogP contribution in [0.1, 0.15) is 24.4 Å². The van der Waals surface area contributed by atoms with Crippen molar-refractivity contribution in [1.82, 2.24) is 4.90 Å². The van der Waals surface area contributed by atoms with Crippen molar-refractivity contribution in [3.05, 3.63) is 34.1 Å². The molecule has 0 amide bonds. The number of hydrogen-bond donors (Lipinski definition) is 1. The third kappa shape index (κ3) is 3.75. The average molecular weight is 331 g/mol. The monoisotopic (exact) mass is 330 g/mol. The lowest BCUT2D eigenvalue weighted by Gasteiger charge is -2.30. The molecule has 19 heavy (non-hydrogen) atoms. The smallest absolute Gasteiger partial charge is 0.123 e. The number of nitrogens with zero attached hydrogens (tertiary/aromatic N) is 1. The molecule has 2 N–H and O–H groups in total. The summed E-state index contributed by atoms with van der Waals surface area (Å²) < 4.78 is 19.9. The Morgan fingerprint density at radius 1 is 1.58 bits per heavy atom. The fourth-order valence-electron chi connectivity index (χ4n) is 2.55. The summed E-state index contributed by atoms with van der Waals surface area (Å²) >= 11 is 3.47. The van der Waals surface area contributed by atoms with Gasteiger partial charge < -0.3 is 10.5 Å². The predicted octanol–water partition coefficient (Wildman–Crippen LogP) is 2.70. The first-order chi connectivity index (χ1) is 9.11. The maximum absolute atomic E-state index is 13.4. The molecule has 0 bridgehead atoms. The van der Waals surface area contributed by atoms with Gasteiger partial charge in [0.05, 0.1) is 6.10 Å². The number of ether oxygens (including phenoxy) is 1. The van der Waals surface area contributed by atoms with Gasteiger partial charge in [-0.3, -0.25) is 4.90 Å². The second-order valence-corrected chi connectivity index (χ2v) is 5.85. The highest BCUT2D eigenvalue weighted by Gasteiger charge is 2.23. The van der Waals surface area contributed by atoms with Crippen LogP contribution in [0.15, 0.2) is 22.7 Å². The zero-order chi connectivity index (χ0) is 13.8. The number of rotatable bonds is 5. The molecule has 5 heteroatoms. The Morgan fingerprint density at radius 2 is 2.37 bits per heavy atom. The first kappa shape index (κ1) is 14.9. The van der Waals surface area contributed by atoms with Crippen LogP contribution < -0.4 is 5.73 Å². The number of likely N-dealkylation sites (N-methyl/N-ethyl adjacent to an activating group) is 1. The summed E-state index contributed by atoms with van der Waals surface area (Å²) in [5.41, 5.74) is 6.76. The largest absolute Gasteiger partial charge is 0.377 e. The molecular formula is C14H20BrFN2O. The molecule has 106 valence electrons. The molecule has 2 unspecified atom stereocenters. The summed E-state index contributed by atoms with van der Waals surface area (Å²) in [5, 5.41) is 0. The van der Waals surface area contributed by atoms with Crippen molar-refractivity contribution < 1.29 is 9.13 Å². The quantitative estimate of drug-likeness (QED) is 0.902. The molecule has 1 aromatic rings. The topological polar surface area (TPSA) is 38.5 Å². The van der Waals surface area contributed by atoms with E-state index >= 15 is 0 Å². The van der Waals surface area contributed by atoms with Crippen LogP contribution in [0.2, 0.25) is 0 Å². The van der Waals surface area contributed by atoms with E-state index in [9.17, 15) is 4.39 Å². The minimum atomic E-state index is -0.234. The minimum Gasteiger partial charge on any atom is -0.377 e. The lowest BCUT2D eigenvalue weighted by molar-refractivity contribution is 0.0688. The molecule has 1 aromatic carbocycles. The van der Waals surface area contributed by atoms with E-state index in [1.807, 2.05) is 7.05 Å². The summed E-state index contributed by atoms with van der Waals surface area (Å²) in [6.07, 6.45) is 2.48. The number of halogens is 2. The van der Waals surface area contributed by atoms with Gasteiger partial charge in [0.2, 0.25) is 0 Å². The molecule has 3 nitrogen and oxygen atoms in total. The van der Waals surface area contributed by atoms with Gasteiger partial charge in [-0.25, -0.2) is 4.39 Å². The van der Waals surface area contributed by atoms with Crippen LogP contribution in [0.25, 0.3) is 0 Å². The molecule has 0 radical (unpaired) electrons. The molecule has 2 rings (SSSR count). The van der Waals surface area contributed by atoms with E-state index in [4.69, 9.17) is 10.5 Å². The van der Waals surface area contributed by atoms with Gasteiger partial charge in [0.1, 0.15) is 5.82 Å². The van der Waals surface area contributed by atoms with Crippen molar-refractivity contribution in [3.63, 3.8) is 0 Å². The van der Waals surface area contributed by atoms with Gasteiger partial charge >= 0.3 is 0 Å². The van der Waals surface area contributed by atoms with E-state index < -0.39 is 0 Å². The van der Waals surface area contributed by atoms with Crippen molar-refractivity contribution in [1.29, 1.82) is 0 Å². The van der Waals surface area contributed by atoms with Crippen molar-refractivity contribution in [2.45, 2.75) is 25.0 Å². The Balaban J connectivity index is 2.11. The Bertz CT molecular complexity index is 424. The van der Waals surface area contributed by atoms with Gasteiger partial charge in [0.15, 0.2) is 0 Å². The normalized spacial score (nSPS) is 21.0. The Hall–Kier alpha value is -0.490. The number of nitrogens with two attached hydrogens (primary N) is 1. The fraction of sp³-hybridized carbons (Fsp3) is 0.571. The van der Waals surface area contributed by atoms with Crippen LogP contribution in [0.4, 0.5) is 4.39 Å². The molecule has 1 fully saturated rings. The third-order valence-corrected chi connectivity index (χ3v) is 4.31. The van der Waals surface area contributed by atoms with E-state index in [0.717, 1.165) is 36.0 Å². The van der Waals surface area contributed by atoms with Crippen molar-refractivity contribution in [3.8, 4) is 0 Å². The summed E-state index contributed by atoms with van der Waals surface area (Å²) in [7, 11) is 2.01. The fourth-order valence-corrected chi connectivity index (χ4v) is 3.06. The molecule has 1 aliphatic heterocycles. The highest BCUT2D eigenvalue weighted by molar-refractivity contribution is 9.10. The van der Waals surface area contributed by atoms with Crippen LogP contribution in [0.3, 0.4) is 0 Å². The van der Waals surface area contributed by atoms with Crippen LogP contribution in [-0.4, -0.2) is 37.7 Å². The van der Waals surface area contributed by atoms with Gasteiger partial charge in [-0.1, -0.05) is 15.9 Å². The molecule has 1 saturated heterocycles. The predicted molar refractivity (Wildman–Crippen MR) is 77.5 cm³/mol. The Labute approximate surface area is 122 Å². The van der Waals surface area contributed by atoms with Gasteiger partial charge in [-0.2, -0.15) is 0 Å². The SMILES string of the molecule is CN(CC1CCCO1)C(CN)c1cc(F)ccc1Br. The van der Waals surface area contributed by atoms with Crippen molar-refractivity contribution in [2.75, 3.05) is 26.7 Å². The first-order valence-electron chi connectivity index (χ1n) is 6.58. The number of benzene rings is 1.